The van der Waals surface area contributed by atoms with Crippen molar-refractivity contribution in [2.75, 3.05) is 0 Å². The normalized spacial score (nSPS) is 10.8. The van der Waals surface area contributed by atoms with E-state index in [1.807, 2.05) is 36.6 Å². The van der Waals surface area contributed by atoms with E-state index in [2.05, 4.69) is 10.4 Å². The third-order valence-corrected chi connectivity index (χ3v) is 4.45. The van der Waals surface area contributed by atoms with Gasteiger partial charge in [0.2, 0.25) is 0 Å². The summed E-state index contributed by atoms with van der Waals surface area (Å²) in [5, 5.41) is 10.4. The van der Waals surface area contributed by atoms with E-state index in [-0.39, 0.29) is 18.0 Å². The molecule has 0 aliphatic rings. The van der Waals surface area contributed by atoms with Crippen LogP contribution < -0.4 is 10.9 Å². The Labute approximate surface area is 131 Å². The second-order valence-corrected chi connectivity index (χ2v) is 6.00. The van der Waals surface area contributed by atoms with Gasteiger partial charge in [-0.05, 0) is 30.0 Å². The Morgan fingerprint density at radius 3 is 2.73 bits per heavy atom. The van der Waals surface area contributed by atoms with Gasteiger partial charge in [0.05, 0.1) is 22.5 Å². The van der Waals surface area contributed by atoms with Gasteiger partial charge in [0, 0.05) is 12.4 Å². The molecule has 22 heavy (non-hydrogen) atoms. The summed E-state index contributed by atoms with van der Waals surface area (Å²) in [6.45, 7) is 2.24. The third-order valence-electron chi connectivity index (χ3n) is 3.40. The van der Waals surface area contributed by atoms with E-state index in [4.69, 9.17) is 0 Å². The number of thiophene rings is 1. The van der Waals surface area contributed by atoms with Crippen LogP contribution in [0.5, 0.6) is 0 Å². The van der Waals surface area contributed by atoms with Crippen LogP contribution in [0.25, 0.3) is 10.8 Å². The van der Waals surface area contributed by atoms with E-state index in [1.165, 1.54) is 16.0 Å². The minimum Gasteiger partial charge on any atom is -0.346 e. The number of rotatable bonds is 3. The van der Waals surface area contributed by atoms with Gasteiger partial charge in [-0.3, -0.25) is 9.59 Å². The number of aryl methyl sites for hydroxylation is 2. The maximum Gasteiger partial charge on any atom is 0.274 e. The third kappa shape index (κ3) is 2.65. The first-order valence-corrected chi connectivity index (χ1v) is 7.72. The highest BCUT2D eigenvalue weighted by molar-refractivity contribution is 7.12. The van der Waals surface area contributed by atoms with Crippen LogP contribution in [-0.4, -0.2) is 15.7 Å². The van der Waals surface area contributed by atoms with Gasteiger partial charge in [-0.2, -0.15) is 5.10 Å². The van der Waals surface area contributed by atoms with E-state index in [1.54, 1.807) is 13.1 Å². The topological polar surface area (TPSA) is 64.0 Å². The lowest BCUT2D eigenvalue weighted by atomic mass is 10.1. The summed E-state index contributed by atoms with van der Waals surface area (Å²) < 4.78 is 1.30. The number of carbonyl (C=O) groups is 1. The molecule has 0 aliphatic carbocycles. The van der Waals surface area contributed by atoms with Crippen LogP contribution in [0, 0.1) is 6.92 Å². The first kappa shape index (κ1) is 14.5. The molecule has 2 aromatic heterocycles. The molecule has 3 rings (SSSR count). The van der Waals surface area contributed by atoms with E-state index in [0.717, 1.165) is 10.9 Å². The Kier molecular flexibility index (Phi) is 3.77. The Bertz CT molecular complexity index is 911. The highest BCUT2D eigenvalue weighted by atomic mass is 32.1. The van der Waals surface area contributed by atoms with Crippen molar-refractivity contribution in [1.29, 1.82) is 0 Å². The van der Waals surface area contributed by atoms with Gasteiger partial charge in [-0.15, -0.1) is 11.3 Å². The molecule has 0 saturated carbocycles. The summed E-state index contributed by atoms with van der Waals surface area (Å²) in [6.07, 6.45) is 0. The molecule has 6 heteroatoms. The van der Waals surface area contributed by atoms with Crippen molar-refractivity contribution in [3.05, 3.63) is 62.2 Å². The minimum atomic E-state index is -0.139. The number of hydrogen-bond donors (Lipinski definition) is 1. The zero-order valence-corrected chi connectivity index (χ0v) is 13.1. The molecule has 0 bridgehead atoms. The van der Waals surface area contributed by atoms with Gasteiger partial charge < -0.3 is 5.32 Å². The van der Waals surface area contributed by atoms with Crippen LogP contribution in [0.3, 0.4) is 0 Å². The highest BCUT2D eigenvalue weighted by Gasteiger charge is 2.11. The summed E-state index contributed by atoms with van der Waals surface area (Å²) in [7, 11) is 1.61. The SMILES string of the molecule is Cc1csc(C(=O)NCc2nn(C)c(=O)c3ccccc23)c1. The van der Waals surface area contributed by atoms with Crippen LogP contribution in [0.4, 0.5) is 0 Å². The second-order valence-electron chi connectivity index (χ2n) is 5.09. The largest absolute Gasteiger partial charge is 0.346 e. The fraction of sp³-hybridized carbons (Fsp3) is 0.188. The van der Waals surface area contributed by atoms with Gasteiger partial charge in [-0.1, -0.05) is 18.2 Å². The number of aromatic nitrogens is 2. The average molecular weight is 313 g/mol. The molecule has 0 aliphatic heterocycles. The predicted octanol–water partition coefficient (Wildman–Crippen LogP) is 2.23. The van der Waals surface area contributed by atoms with Crippen LogP contribution in [-0.2, 0) is 13.6 Å². The number of nitrogens with zero attached hydrogens (tertiary/aromatic N) is 2. The van der Waals surface area contributed by atoms with E-state index >= 15 is 0 Å². The van der Waals surface area contributed by atoms with Crippen molar-refractivity contribution in [3.8, 4) is 0 Å². The average Bonchev–Trinajstić information content (AvgIpc) is 2.96. The molecule has 0 unspecified atom stereocenters. The monoisotopic (exact) mass is 313 g/mol. The Morgan fingerprint density at radius 1 is 1.32 bits per heavy atom. The van der Waals surface area contributed by atoms with E-state index in [0.29, 0.717) is 16.0 Å². The zero-order valence-electron chi connectivity index (χ0n) is 12.3. The molecule has 0 saturated heterocycles. The molecule has 1 amide bonds. The molecule has 1 aromatic carbocycles. The first-order valence-electron chi connectivity index (χ1n) is 6.84. The van der Waals surface area contributed by atoms with Gasteiger partial charge in [0.15, 0.2) is 0 Å². The zero-order chi connectivity index (χ0) is 15.7. The Hall–Kier alpha value is -2.47. The summed E-state index contributed by atoms with van der Waals surface area (Å²) >= 11 is 1.41. The summed E-state index contributed by atoms with van der Waals surface area (Å²) in [4.78, 5) is 24.9. The van der Waals surface area contributed by atoms with Crippen LogP contribution in [0.1, 0.15) is 20.9 Å². The molecule has 0 radical (unpaired) electrons. The van der Waals surface area contributed by atoms with Crippen LogP contribution >= 0.6 is 11.3 Å². The molecule has 0 atom stereocenters. The van der Waals surface area contributed by atoms with Crippen LogP contribution in [0.2, 0.25) is 0 Å². The number of fused-ring (bicyclic) bond motifs is 1. The van der Waals surface area contributed by atoms with Gasteiger partial charge >= 0.3 is 0 Å². The van der Waals surface area contributed by atoms with Crippen LogP contribution in [0.15, 0.2) is 40.5 Å². The van der Waals surface area contributed by atoms with Crippen molar-refractivity contribution in [2.45, 2.75) is 13.5 Å². The predicted molar refractivity (Wildman–Crippen MR) is 87.2 cm³/mol. The van der Waals surface area contributed by atoms with Crippen molar-refractivity contribution in [2.24, 2.45) is 7.05 Å². The van der Waals surface area contributed by atoms with Crippen molar-refractivity contribution < 1.29 is 4.79 Å². The molecule has 3 aromatic rings. The number of nitrogens with one attached hydrogen (secondary N) is 1. The number of benzene rings is 1. The number of carbonyl (C=O) groups excluding carboxylic acids is 1. The van der Waals surface area contributed by atoms with Crippen molar-refractivity contribution in [1.82, 2.24) is 15.1 Å². The molecule has 0 spiro atoms. The first-order chi connectivity index (χ1) is 10.6. The second kappa shape index (κ2) is 5.73. The van der Waals surface area contributed by atoms with E-state index < -0.39 is 0 Å². The molecule has 112 valence electrons. The molecule has 5 nitrogen and oxygen atoms in total. The minimum absolute atomic E-state index is 0.127. The lowest BCUT2D eigenvalue weighted by Crippen LogP contribution is -2.26. The van der Waals surface area contributed by atoms with Crippen molar-refractivity contribution in [3.63, 3.8) is 0 Å². The summed E-state index contributed by atoms with van der Waals surface area (Å²) in [5.41, 5.74) is 1.61. The van der Waals surface area contributed by atoms with Gasteiger partial charge in [0.25, 0.3) is 11.5 Å². The Balaban J connectivity index is 1.90. The lowest BCUT2D eigenvalue weighted by molar-refractivity contribution is 0.0954. The van der Waals surface area contributed by atoms with E-state index in [9.17, 15) is 9.59 Å². The fourth-order valence-corrected chi connectivity index (χ4v) is 3.12. The molecular weight excluding hydrogens is 298 g/mol. The van der Waals surface area contributed by atoms with Crippen molar-refractivity contribution >= 4 is 28.0 Å². The van der Waals surface area contributed by atoms with Gasteiger partial charge in [-0.25, -0.2) is 4.68 Å². The smallest absolute Gasteiger partial charge is 0.274 e. The maximum atomic E-state index is 12.1. The summed E-state index contributed by atoms with van der Waals surface area (Å²) in [5.74, 6) is -0.127. The molecule has 0 fully saturated rings. The summed E-state index contributed by atoms with van der Waals surface area (Å²) in [6, 6.07) is 9.15. The highest BCUT2D eigenvalue weighted by Crippen LogP contribution is 2.15. The van der Waals surface area contributed by atoms with Gasteiger partial charge in [0.1, 0.15) is 0 Å². The number of hydrogen-bond acceptors (Lipinski definition) is 4. The Morgan fingerprint density at radius 2 is 2.05 bits per heavy atom. The number of amides is 1. The lowest BCUT2D eigenvalue weighted by Gasteiger charge is -2.08. The molecular formula is C16H15N3O2S. The quantitative estimate of drug-likeness (QED) is 0.806. The maximum absolute atomic E-state index is 12.1. The molecule has 1 N–H and O–H groups in total. The molecule has 2 heterocycles. The fourth-order valence-electron chi connectivity index (χ4n) is 2.31. The standard InChI is InChI=1S/C16H15N3O2S/c1-10-7-14(22-9-10)15(20)17-8-13-11-5-3-4-6-12(11)16(21)19(2)18-13/h3-7,9H,8H2,1-2H3,(H,17,20).